The fraction of sp³-hybridized carbons (Fsp3) is 0.211. The minimum Gasteiger partial charge on any atom is -0.352 e. The smallest absolute Gasteiger partial charge is 0.312 e. The number of carbonyl (C=O) groups is 3. The fourth-order valence-corrected chi connectivity index (χ4v) is 2.51. The van der Waals surface area contributed by atoms with E-state index in [9.17, 15) is 24.5 Å². The fourth-order valence-electron chi connectivity index (χ4n) is 2.51. The number of hydrogen-bond acceptors (Lipinski definition) is 5. The summed E-state index contributed by atoms with van der Waals surface area (Å²) >= 11 is 0. The molecular formula is C19H21N5O5. The van der Waals surface area contributed by atoms with Gasteiger partial charge in [-0.15, -0.1) is 0 Å². The number of amides is 4. The Kier molecular flexibility index (Phi) is 7.66. The van der Waals surface area contributed by atoms with Gasteiger partial charge in [-0.2, -0.15) is 0 Å². The predicted octanol–water partition coefficient (Wildman–Crippen LogP) is 1.78. The van der Waals surface area contributed by atoms with Crippen LogP contribution < -0.4 is 21.7 Å². The van der Waals surface area contributed by atoms with Crippen LogP contribution in [0.3, 0.4) is 0 Å². The van der Waals surface area contributed by atoms with E-state index in [-0.39, 0.29) is 18.7 Å². The third kappa shape index (κ3) is 6.94. The van der Waals surface area contributed by atoms with Crippen LogP contribution in [0.15, 0.2) is 54.6 Å². The van der Waals surface area contributed by atoms with Gasteiger partial charge in [-0.25, -0.2) is 4.79 Å². The van der Waals surface area contributed by atoms with Gasteiger partial charge in [0.2, 0.25) is 5.91 Å². The topological polar surface area (TPSA) is 156 Å². The summed E-state index contributed by atoms with van der Waals surface area (Å²) in [7, 11) is 0. The molecule has 0 saturated heterocycles. The van der Waals surface area contributed by atoms with Crippen LogP contribution in [0.5, 0.6) is 0 Å². The van der Waals surface area contributed by atoms with Gasteiger partial charge >= 0.3 is 6.03 Å². The van der Waals surface area contributed by atoms with Crippen molar-refractivity contribution in [1.29, 1.82) is 0 Å². The second kappa shape index (κ2) is 10.4. The molecule has 152 valence electrons. The van der Waals surface area contributed by atoms with Crippen molar-refractivity contribution in [3.05, 3.63) is 70.3 Å². The van der Waals surface area contributed by atoms with Crippen LogP contribution in [0.4, 0.5) is 16.2 Å². The van der Waals surface area contributed by atoms with Gasteiger partial charge < -0.3 is 21.7 Å². The molecule has 0 aliphatic rings. The van der Waals surface area contributed by atoms with E-state index in [4.69, 9.17) is 5.73 Å². The number of nitrogens with zero attached hydrogens (tertiary/aromatic N) is 1. The minimum absolute atomic E-state index is 0.102. The van der Waals surface area contributed by atoms with Gasteiger partial charge in [-0.05, 0) is 37.1 Å². The van der Waals surface area contributed by atoms with Gasteiger partial charge in [0.15, 0.2) is 0 Å². The molecule has 0 aromatic heterocycles. The van der Waals surface area contributed by atoms with Gasteiger partial charge in [-0.3, -0.25) is 19.7 Å². The molecule has 0 radical (unpaired) electrons. The summed E-state index contributed by atoms with van der Waals surface area (Å²) in [5.74, 6) is -0.903. The predicted molar refractivity (Wildman–Crippen MR) is 106 cm³/mol. The Hall–Kier alpha value is -3.95. The maximum absolute atomic E-state index is 12.7. The highest BCUT2D eigenvalue weighted by Gasteiger charge is 2.21. The molecular weight excluding hydrogens is 378 g/mol. The molecule has 1 unspecified atom stereocenters. The molecule has 4 amide bonds. The van der Waals surface area contributed by atoms with Crippen molar-refractivity contribution in [1.82, 2.24) is 10.6 Å². The van der Waals surface area contributed by atoms with E-state index in [0.29, 0.717) is 17.7 Å². The number of primary amides is 1. The monoisotopic (exact) mass is 399 g/mol. The Morgan fingerprint density at radius 3 is 2.28 bits per heavy atom. The number of anilines is 1. The van der Waals surface area contributed by atoms with Crippen LogP contribution in [0.2, 0.25) is 0 Å². The number of rotatable bonds is 9. The summed E-state index contributed by atoms with van der Waals surface area (Å²) in [4.78, 5) is 46.0. The number of urea groups is 1. The van der Waals surface area contributed by atoms with E-state index >= 15 is 0 Å². The van der Waals surface area contributed by atoms with Crippen LogP contribution in [0, 0.1) is 10.1 Å². The number of carbonyl (C=O) groups excluding carboxylic acids is 3. The average Bonchev–Trinajstić information content (AvgIpc) is 2.71. The number of non-ortho nitro benzene ring substituents is 1. The molecule has 10 heteroatoms. The first-order valence-corrected chi connectivity index (χ1v) is 8.81. The summed E-state index contributed by atoms with van der Waals surface area (Å²) in [5, 5.41) is 18.4. The lowest BCUT2D eigenvalue weighted by Gasteiger charge is -2.18. The third-order valence-corrected chi connectivity index (χ3v) is 3.97. The van der Waals surface area contributed by atoms with E-state index in [2.05, 4.69) is 16.0 Å². The van der Waals surface area contributed by atoms with Crippen LogP contribution in [0.1, 0.15) is 23.2 Å². The minimum atomic E-state index is -0.882. The molecule has 10 nitrogen and oxygen atoms in total. The highest BCUT2D eigenvalue weighted by atomic mass is 16.6. The second-order valence-corrected chi connectivity index (χ2v) is 6.12. The maximum atomic E-state index is 12.7. The van der Waals surface area contributed by atoms with Crippen LogP contribution in [-0.4, -0.2) is 35.4 Å². The molecule has 0 heterocycles. The van der Waals surface area contributed by atoms with Crippen LogP contribution in [0.25, 0.3) is 0 Å². The Morgan fingerprint density at radius 1 is 1.03 bits per heavy atom. The summed E-state index contributed by atoms with van der Waals surface area (Å²) in [6.07, 6.45) is 0.647. The van der Waals surface area contributed by atoms with E-state index in [0.717, 1.165) is 0 Å². The molecule has 2 aromatic carbocycles. The second-order valence-electron chi connectivity index (χ2n) is 6.12. The molecule has 0 saturated carbocycles. The van der Waals surface area contributed by atoms with Crippen molar-refractivity contribution in [2.24, 2.45) is 5.73 Å². The van der Waals surface area contributed by atoms with Gasteiger partial charge in [-0.1, -0.05) is 18.2 Å². The number of nitro groups is 1. The zero-order valence-electron chi connectivity index (χ0n) is 15.5. The van der Waals surface area contributed by atoms with E-state index < -0.39 is 28.8 Å². The first-order valence-electron chi connectivity index (χ1n) is 8.81. The van der Waals surface area contributed by atoms with Crippen molar-refractivity contribution >= 4 is 29.2 Å². The van der Waals surface area contributed by atoms with Crippen LogP contribution in [-0.2, 0) is 4.79 Å². The van der Waals surface area contributed by atoms with E-state index in [1.165, 1.54) is 24.3 Å². The quantitative estimate of drug-likeness (QED) is 0.287. The molecule has 0 bridgehead atoms. The Balaban J connectivity index is 2.05. The van der Waals surface area contributed by atoms with E-state index in [1.807, 2.05) is 0 Å². The van der Waals surface area contributed by atoms with Gasteiger partial charge in [0.25, 0.3) is 11.6 Å². The summed E-state index contributed by atoms with van der Waals surface area (Å²) < 4.78 is 0. The SMILES string of the molecule is NC(=O)NCCCC(NC(=O)c1ccccc1)C(=O)Nc1ccc([N+](=O)[O-])cc1. The molecule has 2 aromatic rings. The largest absolute Gasteiger partial charge is 0.352 e. The molecule has 0 aliphatic heterocycles. The third-order valence-electron chi connectivity index (χ3n) is 3.97. The van der Waals surface area contributed by atoms with Gasteiger partial charge in [0, 0.05) is 29.9 Å². The zero-order valence-corrected chi connectivity index (χ0v) is 15.5. The van der Waals surface area contributed by atoms with Crippen molar-refractivity contribution < 1.29 is 19.3 Å². The van der Waals surface area contributed by atoms with Gasteiger partial charge in [0.05, 0.1) is 4.92 Å². The number of benzene rings is 2. The zero-order chi connectivity index (χ0) is 21.2. The lowest BCUT2D eigenvalue weighted by Crippen LogP contribution is -2.44. The maximum Gasteiger partial charge on any atom is 0.312 e. The molecule has 1 atom stereocenters. The van der Waals surface area contributed by atoms with Gasteiger partial charge in [0.1, 0.15) is 6.04 Å². The Labute approximate surface area is 166 Å². The first-order chi connectivity index (χ1) is 13.9. The number of nitro benzene ring substituents is 1. The van der Waals surface area contributed by atoms with Crippen LogP contribution >= 0.6 is 0 Å². The lowest BCUT2D eigenvalue weighted by atomic mass is 10.1. The summed E-state index contributed by atoms with van der Waals surface area (Å²) in [5.41, 5.74) is 5.67. The molecule has 5 N–H and O–H groups in total. The number of nitrogens with two attached hydrogens (primary N) is 1. The van der Waals surface area contributed by atoms with E-state index in [1.54, 1.807) is 30.3 Å². The van der Waals surface area contributed by atoms with Crippen molar-refractivity contribution in [2.75, 3.05) is 11.9 Å². The van der Waals surface area contributed by atoms with Crippen molar-refractivity contribution in [2.45, 2.75) is 18.9 Å². The Morgan fingerprint density at radius 2 is 1.69 bits per heavy atom. The molecule has 2 rings (SSSR count). The molecule has 0 spiro atoms. The average molecular weight is 399 g/mol. The summed E-state index contributed by atoms with van der Waals surface area (Å²) in [6.45, 7) is 0.248. The van der Waals surface area contributed by atoms with Crippen molar-refractivity contribution in [3.63, 3.8) is 0 Å². The molecule has 0 aliphatic carbocycles. The number of hydrogen-bond donors (Lipinski definition) is 4. The highest BCUT2D eigenvalue weighted by Crippen LogP contribution is 2.16. The normalized spacial score (nSPS) is 11.2. The van der Waals surface area contributed by atoms with Crippen molar-refractivity contribution in [3.8, 4) is 0 Å². The Bertz CT molecular complexity index is 870. The molecule has 29 heavy (non-hydrogen) atoms. The number of nitrogens with one attached hydrogen (secondary N) is 3. The lowest BCUT2D eigenvalue weighted by molar-refractivity contribution is -0.384. The molecule has 0 fully saturated rings. The summed E-state index contributed by atoms with van der Waals surface area (Å²) in [6, 6.07) is 12.2. The highest BCUT2D eigenvalue weighted by molar-refractivity contribution is 6.01. The first kappa shape index (κ1) is 21.4. The standard InChI is InChI=1S/C19H21N5O5/c20-19(27)21-12-4-7-16(23-17(25)13-5-2-1-3-6-13)18(26)22-14-8-10-15(11-9-14)24(28)29/h1-3,5-6,8-11,16H,4,7,12H2,(H,22,26)(H,23,25)(H3,20,21,27).